The van der Waals surface area contributed by atoms with Gasteiger partial charge in [-0.25, -0.2) is 9.78 Å². The molecule has 7 nitrogen and oxygen atoms in total. The molecule has 4 rings (SSSR count). The lowest BCUT2D eigenvalue weighted by Gasteiger charge is -2.11. The van der Waals surface area contributed by atoms with Crippen molar-refractivity contribution in [2.45, 2.75) is 13.1 Å². The van der Waals surface area contributed by atoms with Gasteiger partial charge >= 0.3 is 12.1 Å². The van der Waals surface area contributed by atoms with E-state index in [1.807, 2.05) is 0 Å². The second-order valence-electron chi connectivity index (χ2n) is 6.47. The summed E-state index contributed by atoms with van der Waals surface area (Å²) < 4.78 is 38.8. The maximum absolute atomic E-state index is 12.9. The largest absolute Gasteiger partial charge is 0.416 e. The van der Waals surface area contributed by atoms with Gasteiger partial charge in [0.05, 0.1) is 16.7 Å². The van der Waals surface area contributed by atoms with E-state index in [1.54, 1.807) is 12.1 Å². The van der Waals surface area contributed by atoms with Gasteiger partial charge in [-0.3, -0.25) is 9.59 Å². The van der Waals surface area contributed by atoms with E-state index in [-0.39, 0.29) is 33.9 Å². The fourth-order valence-electron chi connectivity index (χ4n) is 3.01. The number of imide groups is 1. The number of aromatic nitrogens is 2. The molecule has 0 saturated carbocycles. The Morgan fingerprint density at radius 2 is 1.67 bits per heavy atom. The first-order valence-corrected chi connectivity index (χ1v) is 8.61. The number of fused-ring (bicyclic) bond motifs is 1. The van der Waals surface area contributed by atoms with Crippen LogP contribution in [0.2, 0.25) is 0 Å². The Hall–Kier alpha value is -3.95. The number of benzene rings is 2. The van der Waals surface area contributed by atoms with Gasteiger partial charge in [0.1, 0.15) is 5.82 Å². The molecule has 152 valence electrons. The number of nitrogens with zero attached hydrogens (tertiary/aromatic N) is 2. The first-order valence-electron chi connectivity index (χ1n) is 8.61. The Balaban J connectivity index is 1.60. The molecule has 0 bridgehead atoms. The summed E-state index contributed by atoms with van der Waals surface area (Å²) >= 11 is 0. The molecule has 0 saturated heterocycles. The molecule has 10 heteroatoms. The zero-order valence-electron chi connectivity index (χ0n) is 15.3. The van der Waals surface area contributed by atoms with Crippen molar-refractivity contribution < 1.29 is 32.4 Å². The number of carbonyl (C=O) groups is 3. The van der Waals surface area contributed by atoms with Gasteiger partial charge in [-0.05, 0) is 31.2 Å². The molecule has 2 heterocycles. The van der Waals surface area contributed by atoms with Crippen LogP contribution < -0.4 is 0 Å². The molecule has 0 atom stereocenters. The molecule has 1 aliphatic heterocycles. The molecule has 0 fully saturated rings. The number of aryl methyl sites for hydroxylation is 1. The molecular formula is C20H12F3N3O4. The van der Waals surface area contributed by atoms with E-state index in [9.17, 15) is 27.6 Å². The Bertz CT molecular complexity index is 1170. The number of hydrogen-bond donors (Lipinski definition) is 1. The highest BCUT2D eigenvalue weighted by molar-refractivity contribution is 6.21. The number of halogens is 3. The first-order chi connectivity index (χ1) is 14.2. The Labute approximate surface area is 167 Å². The van der Waals surface area contributed by atoms with Crippen molar-refractivity contribution in [1.82, 2.24) is 15.0 Å². The second kappa shape index (κ2) is 6.83. The number of aromatic amines is 1. The molecule has 1 aliphatic rings. The van der Waals surface area contributed by atoms with Crippen molar-refractivity contribution in [2.75, 3.05) is 0 Å². The average molecular weight is 415 g/mol. The second-order valence-corrected chi connectivity index (χ2v) is 6.47. The third-order valence-electron chi connectivity index (χ3n) is 4.47. The van der Waals surface area contributed by atoms with Gasteiger partial charge in [0.2, 0.25) is 0 Å². The Morgan fingerprint density at radius 1 is 1.03 bits per heavy atom. The van der Waals surface area contributed by atoms with Crippen LogP contribution in [0.5, 0.6) is 0 Å². The summed E-state index contributed by atoms with van der Waals surface area (Å²) in [6, 6.07) is 10.4. The molecule has 0 spiro atoms. The summed E-state index contributed by atoms with van der Waals surface area (Å²) in [5, 5.41) is 0.338. The monoisotopic (exact) mass is 415 g/mol. The maximum Gasteiger partial charge on any atom is 0.416 e. The number of hydroxylamine groups is 2. The normalized spacial score (nSPS) is 13.5. The van der Waals surface area contributed by atoms with Gasteiger partial charge in [0, 0.05) is 11.3 Å². The van der Waals surface area contributed by atoms with Crippen molar-refractivity contribution in [2.24, 2.45) is 0 Å². The van der Waals surface area contributed by atoms with E-state index >= 15 is 0 Å². The van der Waals surface area contributed by atoms with E-state index < -0.39 is 29.5 Å². The number of amides is 2. The van der Waals surface area contributed by atoms with Crippen molar-refractivity contribution in [3.63, 3.8) is 0 Å². The van der Waals surface area contributed by atoms with Crippen molar-refractivity contribution in [3.05, 3.63) is 76.6 Å². The molecule has 0 unspecified atom stereocenters. The minimum atomic E-state index is -4.54. The highest BCUT2D eigenvalue weighted by atomic mass is 19.4. The summed E-state index contributed by atoms with van der Waals surface area (Å²) in [5.74, 6) is -2.69. The summed E-state index contributed by atoms with van der Waals surface area (Å²) in [5.41, 5.74) is -0.641. The molecule has 3 aromatic rings. The third-order valence-corrected chi connectivity index (χ3v) is 4.47. The standard InChI is InChI=1S/C20H12F3N3O4/c1-10-15(25-16(24-10)11-5-4-6-12(9-11)20(21,22)23)19(29)30-26-17(27)13-7-2-3-8-14(13)18(26)28/h2-9H,1H3,(H,24,25). The van der Waals surface area contributed by atoms with Crippen LogP contribution in [0.1, 0.15) is 42.5 Å². The van der Waals surface area contributed by atoms with E-state index in [4.69, 9.17) is 4.84 Å². The van der Waals surface area contributed by atoms with Gasteiger partial charge in [-0.15, -0.1) is 0 Å². The smallest absolute Gasteiger partial charge is 0.341 e. The van der Waals surface area contributed by atoms with Gasteiger partial charge in [0.15, 0.2) is 5.69 Å². The van der Waals surface area contributed by atoms with Crippen LogP contribution in [0.4, 0.5) is 13.2 Å². The van der Waals surface area contributed by atoms with E-state index in [2.05, 4.69) is 9.97 Å². The topological polar surface area (TPSA) is 92.4 Å². The van der Waals surface area contributed by atoms with Crippen LogP contribution in [0.3, 0.4) is 0 Å². The van der Waals surface area contributed by atoms with Crippen LogP contribution in [0.15, 0.2) is 48.5 Å². The molecule has 2 aromatic carbocycles. The predicted molar refractivity (Wildman–Crippen MR) is 96.1 cm³/mol. The lowest BCUT2D eigenvalue weighted by atomic mass is 10.1. The summed E-state index contributed by atoms with van der Waals surface area (Å²) in [7, 11) is 0. The average Bonchev–Trinajstić information content (AvgIpc) is 3.21. The quantitative estimate of drug-likeness (QED) is 0.658. The van der Waals surface area contributed by atoms with Crippen molar-refractivity contribution in [1.29, 1.82) is 0 Å². The lowest BCUT2D eigenvalue weighted by molar-refractivity contribution is -0.137. The number of nitrogens with one attached hydrogen (secondary N) is 1. The van der Waals surface area contributed by atoms with E-state index in [0.29, 0.717) is 5.06 Å². The van der Waals surface area contributed by atoms with Crippen LogP contribution in [0, 0.1) is 6.92 Å². The number of rotatable bonds is 3. The van der Waals surface area contributed by atoms with Gasteiger partial charge in [0.25, 0.3) is 11.8 Å². The summed E-state index contributed by atoms with van der Waals surface area (Å²) in [6.45, 7) is 1.46. The molecule has 2 amide bonds. The zero-order chi connectivity index (χ0) is 21.6. The minimum Gasteiger partial charge on any atom is -0.341 e. The zero-order valence-corrected chi connectivity index (χ0v) is 15.3. The lowest BCUT2D eigenvalue weighted by Crippen LogP contribution is -2.33. The van der Waals surface area contributed by atoms with Gasteiger partial charge in [-0.2, -0.15) is 13.2 Å². The molecule has 30 heavy (non-hydrogen) atoms. The highest BCUT2D eigenvalue weighted by Gasteiger charge is 2.39. The molecule has 0 aliphatic carbocycles. The van der Waals surface area contributed by atoms with Crippen LogP contribution in [0.25, 0.3) is 11.4 Å². The van der Waals surface area contributed by atoms with Crippen molar-refractivity contribution >= 4 is 17.8 Å². The Kier molecular flexibility index (Phi) is 4.41. The summed E-state index contributed by atoms with van der Waals surface area (Å²) in [6.07, 6.45) is -4.54. The van der Waals surface area contributed by atoms with Crippen LogP contribution in [-0.4, -0.2) is 32.8 Å². The molecule has 1 aromatic heterocycles. The SMILES string of the molecule is Cc1[nH]c(-c2cccc(C(F)(F)F)c2)nc1C(=O)ON1C(=O)c2ccccc2C1=O. The van der Waals surface area contributed by atoms with E-state index in [1.165, 1.54) is 31.2 Å². The van der Waals surface area contributed by atoms with Crippen LogP contribution in [-0.2, 0) is 11.0 Å². The number of hydrogen-bond acceptors (Lipinski definition) is 5. The number of alkyl halides is 3. The fourth-order valence-corrected chi connectivity index (χ4v) is 3.01. The van der Waals surface area contributed by atoms with Crippen molar-refractivity contribution in [3.8, 4) is 11.4 Å². The first kappa shape index (κ1) is 19.4. The third kappa shape index (κ3) is 3.21. The maximum atomic E-state index is 12.9. The number of imidazole rings is 1. The van der Waals surface area contributed by atoms with Gasteiger partial charge < -0.3 is 9.82 Å². The van der Waals surface area contributed by atoms with E-state index in [0.717, 1.165) is 12.1 Å². The molecule has 0 radical (unpaired) electrons. The Morgan fingerprint density at radius 3 is 2.27 bits per heavy atom. The van der Waals surface area contributed by atoms with Gasteiger partial charge in [-0.1, -0.05) is 29.3 Å². The number of H-pyrrole nitrogens is 1. The minimum absolute atomic E-state index is 0.00733. The number of carbonyl (C=O) groups excluding carboxylic acids is 3. The predicted octanol–water partition coefficient (Wildman–Crippen LogP) is 3.77. The molecule has 1 N–H and O–H groups in total. The fraction of sp³-hybridized carbons (Fsp3) is 0.100. The highest BCUT2D eigenvalue weighted by Crippen LogP contribution is 2.32. The summed E-state index contributed by atoms with van der Waals surface area (Å²) in [4.78, 5) is 48.8. The molecular weight excluding hydrogens is 403 g/mol. The van der Waals surface area contributed by atoms with Crippen LogP contribution >= 0.6 is 0 Å².